The minimum atomic E-state index is -8.05. The second-order valence-corrected chi connectivity index (χ2v) is 7.00. The topological polar surface area (TPSA) is 44.8 Å². The van der Waals surface area contributed by atoms with E-state index in [4.69, 9.17) is 0 Å². The fraction of sp³-hybridized carbons (Fsp3) is 0.923. The molecule has 204 valence electrons. The Labute approximate surface area is 175 Å². The number of carbonyl (C=O) groups is 1. The maximum Gasteiger partial charge on any atom is 0.462 e. The van der Waals surface area contributed by atoms with Crippen molar-refractivity contribution in [1.29, 1.82) is 0 Å². The second kappa shape index (κ2) is 8.40. The Hall–Kier alpha value is -1.80. The first kappa shape index (κ1) is 32.2. The summed E-state index contributed by atoms with van der Waals surface area (Å²) in [6.45, 7) is 1.87. The van der Waals surface area contributed by atoms with Crippen molar-refractivity contribution in [2.45, 2.75) is 74.8 Å². The molecule has 0 heterocycles. The van der Waals surface area contributed by atoms with Crippen molar-refractivity contribution in [2.75, 3.05) is 0 Å². The van der Waals surface area contributed by atoms with Gasteiger partial charge in [0.25, 0.3) is 0 Å². The van der Waals surface area contributed by atoms with E-state index >= 15 is 0 Å². The maximum atomic E-state index is 14.1. The Morgan fingerprint density at radius 2 is 0.912 bits per heavy atom. The first-order valence-corrected chi connectivity index (χ1v) is 7.64. The molecule has 0 aliphatic carbocycles. The van der Waals surface area contributed by atoms with Gasteiger partial charge in [0, 0.05) is 0 Å². The quantitative estimate of drug-likeness (QED) is 0.279. The molecule has 0 unspecified atom stereocenters. The number of carbonyl (C=O) groups excluding carboxylic acids is 1. The first-order valence-electron chi connectivity index (χ1n) is 7.64. The molecule has 0 aromatic carbocycles. The van der Waals surface area contributed by atoms with Gasteiger partial charge in [0.05, 0.1) is 0 Å². The fourth-order valence-electron chi connectivity index (χ4n) is 1.49. The molecule has 0 bridgehead atoms. The highest BCUT2D eigenvalue weighted by Crippen LogP contribution is 2.56. The van der Waals surface area contributed by atoms with Crippen molar-refractivity contribution >= 4 is 5.97 Å². The summed E-state index contributed by atoms with van der Waals surface area (Å²) in [5, 5.41) is 0. The number of hydrogen-bond donors (Lipinski definition) is 0. The van der Waals surface area contributed by atoms with Gasteiger partial charge in [0.1, 0.15) is 5.60 Å². The number of hydrogen-bond acceptors (Lipinski definition) is 4. The van der Waals surface area contributed by atoms with E-state index in [2.05, 4.69) is 4.74 Å². The van der Waals surface area contributed by atoms with Crippen molar-refractivity contribution in [3.8, 4) is 0 Å². The normalized spacial score (nSPS) is 18.8. The van der Waals surface area contributed by atoms with E-state index in [0.717, 1.165) is 0 Å². The second-order valence-electron chi connectivity index (χ2n) is 7.00. The smallest absolute Gasteiger partial charge is 0.455 e. The third kappa shape index (κ3) is 5.88. The van der Waals surface area contributed by atoms with Crippen LogP contribution in [-0.2, 0) is 19.0 Å². The highest BCUT2D eigenvalue weighted by atomic mass is 19.4. The molecule has 34 heavy (non-hydrogen) atoms. The number of alkyl halides is 17. The van der Waals surface area contributed by atoms with Crippen molar-refractivity contribution in [3.63, 3.8) is 0 Å². The number of esters is 1. The van der Waals surface area contributed by atoms with Crippen LogP contribution < -0.4 is 0 Å². The van der Waals surface area contributed by atoms with E-state index in [9.17, 15) is 79.4 Å². The number of ether oxygens (including phenoxy) is 3. The van der Waals surface area contributed by atoms with Crippen LogP contribution in [0.1, 0.15) is 20.8 Å². The van der Waals surface area contributed by atoms with Crippen molar-refractivity contribution < 1.29 is 93.6 Å². The molecule has 0 aliphatic rings. The Kier molecular flexibility index (Phi) is 7.96. The highest BCUT2D eigenvalue weighted by molar-refractivity contribution is 5.79. The van der Waals surface area contributed by atoms with Crippen molar-refractivity contribution in [3.05, 3.63) is 0 Å². The summed E-state index contributed by atoms with van der Waals surface area (Å²) in [4.78, 5) is 11.3. The van der Waals surface area contributed by atoms with Crippen LogP contribution in [0, 0.1) is 0 Å². The molecule has 0 amide bonds. The molecule has 0 N–H and O–H groups in total. The zero-order valence-electron chi connectivity index (χ0n) is 16.1. The third-order valence-corrected chi connectivity index (χ3v) is 3.02. The summed E-state index contributed by atoms with van der Waals surface area (Å²) in [7, 11) is 0. The summed E-state index contributed by atoms with van der Waals surface area (Å²) in [6.07, 6.45) is -38.6. The summed E-state index contributed by atoms with van der Waals surface area (Å²) >= 11 is 0. The summed E-state index contributed by atoms with van der Waals surface area (Å²) in [6, 6.07) is 0. The van der Waals surface area contributed by atoms with Crippen LogP contribution >= 0.6 is 0 Å². The highest BCUT2D eigenvalue weighted by Gasteiger charge is 2.85. The van der Waals surface area contributed by atoms with Gasteiger partial charge in [0.15, 0.2) is 0 Å². The van der Waals surface area contributed by atoms with Crippen LogP contribution in [0.3, 0.4) is 0 Å². The molecule has 0 rings (SSSR count). The summed E-state index contributed by atoms with van der Waals surface area (Å²) in [5.41, 5.74) is -2.26. The van der Waals surface area contributed by atoms with E-state index in [1.54, 1.807) is 0 Å². The first-order chi connectivity index (χ1) is 14.3. The molecule has 0 fully saturated rings. The lowest BCUT2D eigenvalue weighted by Gasteiger charge is -2.40. The number of rotatable bonds is 7. The van der Waals surface area contributed by atoms with Crippen LogP contribution in [0.25, 0.3) is 0 Å². The molecular formula is C13H9F17O4. The van der Waals surface area contributed by atoms with Crippen molar-refractivity contribution in [1.82, 2.24) is 0 Å². The summed E-state index contributed by atoms with van der Waals surface area (Å²) < 4.78 is 226. The Morgan fingerprint density at radius 3 is 1.18 bits per heavy atom. The minimum absolute atomic E-state index is 0.623. The lowest BCUT2D eigenvalue weighted by Crippen LogP contribution is -2.68. The molecular weight excluding hydrogens is 543 g/mol. The van der Waals surface area contributed by atoms with E-state index in [1.807, 2.05) is 4.74 Å². The van der Waals surface area contributed by atoms with Gasteiger partial charge in [-0.1, -0.05) is 0 Å². The van der Waals surface area contributed by atoms with Crippen LogP contribution in [0.2, 0.25) is 0 Å². The van der Waals surface area contributed by atoms with Crippen LogP contribution in [0.15, 0.2) is 0 Å². The molecule has 0 saturated carbocycles. The lowest BCUT2D eigenvalue weighted by molar-refractivity contribution is -0.548. The van der Waals surface area contributed by atoms with Gasteiger partial charge in [-0.15, -0.1) is 0 Å². The van der Waals surface area contributed by atoms with Gasteiger partial charge in [-0.25, -0.2) is 4.79 Å². The molecule has 2 atom stereocenters. The number of halogens is 17. The monoisotopic (exact) mass is 552 g/mol. The van der Waals surface area contributed by atoms with E-state index < -0.39 is 59.9 Å². The predicted octanol–water partition coefficient (Wildman–Crippen LogP) is 6.20. The van der Waals surface area contributed by atoms with E-state index in [1.165, 1.54) is 4.74 Å². The molecule has 21 heteroatoms. The Balaban J connectivity index is 6.79. The van der Waals surface area contributed by atoms with Gasteiger partial charge in [-0.3, -0.25) is 9.47 Å². The Bertz CT molecular complexity index is 746. The fourth-order valence-corrected chi connectivity index (χ4v) is 1.49. The Morgan fingerprint density at radius 1 is 0.529 bits per heavy atom. The molecule has 4 nitrogen and oxygen atoms in total. The summed E-state index contributed by atoms with van der Waals surface area (Å²) in [5.74, 6) is -26.4. The molecule has 0 aromatic rings. The van der Waals surface area contributed by atoms with Gasteiger partial charge < -0.3 is 4.74 Å². The van der Waals surface area contributed by atoms with E-state index in [0.29, 0.717) is 20.8 Å². The molecule has 0 aromatic heterocycles. The van der Waals surface area contributed by atoms with Gasteiger partial charge in [-0.2, -0.15) is 74.6 Å². The average molecular weight is 552 g/mol. The SMILES string of the molecule is CC(C)(C)OC(=O)[C@@](F)(OC(F)(F)[C@@](F)(OC(F)(F)C(F)(F)C(F)(F)F)C(F)(F)F)C(F)(F)F. The van der Waals surface area contributed by atoms with Crippen LogP contribution in [-0.4, -0.2) is 59.9 Å². The molecule has 0 aliphatic heterocycles. The molecule has 0 radical (unpaired) electrons. The maximum absolute atomic E-state index is 14.1. The van der Waals surface area contributed by atoms with Crippen LogP contribution in [0.4, 0.5) is 74.6 Å². The van der Waals surface area contributed by atoms with Crippen LogP contribution in [0.5, 0.6) is 0 Å². The van der Waals surface area contributed by atoms with Crippen molar-refractivity contribution in [2.24, 2.45) is 0 Å². The largest absolute Gasteiger partial charge is 0.462 e. The third-order valence-electron chi connectivity index (χ3n) is 3.02. The van der Waals surface area contributed by atoms with Gasteiger partial charge in [0.2, 0.25) is 0 Å². The minimum Gasteiger partial charge on any atom is -0.455 e. The van der Waals surface area contributed by atoms with Gasteiger partial charge in [-0.05, 0) is 20.8 Å². The zero-order chi connectivity index (χ0) is 28.2. The molecule has 0 spiro atoms. The zero-order valence-corrected chi connectivity index (χ0v) is 16.1. The van der Waals surface area contributed by atoms with Gasteiger partial charge >= 0.3 is 54.3 Å². The van der Waals surface area contributed by atoms with E-state index in [-0.39, 0.29) is 0 Å². The predicted molar refractivity (Wildman–Crippen MR) is 68.7 cm³/mol. The lowest BCUT2D eigenvalue weighted by atomic mass is 10.2. The molecule has 0 saturated heterocycles. The average Bonchev–Trinajstić information content (AvgIpc) is 2.48. The standard InChI is InChI=1S/C13H9F17O4/c1-5(2,3)32-4(31)6(14,9(18,19)20)33-13(29,30)8(17,11(24,25)26)34-12(27,28)7(15,16)10(21,22)23/h1-3H3/t6-,8+/m1/s1.